The number of anilines is 1. The Morgan fingerprint density at radius 3 is 2.44 bits per heavy atom. The number of aryl methyl sites for hydroxylation is 1. The van der Waals surface area contributed by atoms with Crippen molar-refractivity contribution in [1.82, 2.24) is 9.55 Å². The first-order valence-electron chi connectivity index (χ1n) is 8.55. The maximum atomic E-state index is 12.4. The van der Waals surface area contributed by atoms with Crippen LogP contribution in [0.2, 0.25) is 0 Å². The van der Waals surface area contributed by atoms with Crippen molar-refractivity contribution in [3.05, 3.63) is 86.6 Å². The van der Waals surface area contributed by atoms with Crippen molar-refractivity contribution in [3.63, 3.8) is 0 Å². The lowest BCUT2D eigenvalue weighted by Crippen LogP contribution is -2.33. The van der Waals surface area contributed by atoms with Gasteiger partial charge >= 0.3 is 5.69 Å². The second-order valence-corrected chi connectivity index (χ2v) is 5.97. The summed E-state index contributed by atoms with van der Waals surface area (Å²) < 4.78 is 1.08. The van der Waals surface area contributed by atoms with Gasteiger partial charge < -0.3 is 5.11 Å². The van der Waals surface area contributed by atoms with Gasteiger partial charge in [-0.1, -0.05) is 43.3 Å². The molecule has 0 radical (unpaired) electrons. The van der Waals surface area contributed by atoms with Gasteiger partial charge in [-0.05, 0) is 37.1 Å². The molecule has 2 aromatic carbocycles. The van der Waals surface area contributed by atoms with Gasteiger partial charge in [0.25, 0.3) is 5.56 Å². The fourth-order valence-corrected chi connectivity index (χ4v) is 2.78. The number of hydrogen-bond acceptors (Lipinski definition) is 5. The summed E-state index contributed by atoms with van der Waals surface area (Å²) in [5.74, 6) is -0.437. The van der Waals surface area contributed by atoms with Crippen LogP contribution in [0.4, 0.5) is 5.69 Å². The number of rotatable bonds is 5. The Morgan fingerprint density at radius 1 is 1.11 bits per heavy atom. The molecule has 1 heterocycles. The number of H-pyrrole nitrogens is 1. The van der Waals surface area contributed by atoms with E-state index in [4.69, 9.17) is 0 Å². The van der Waals surface area contributed by atoms with Gasteiger partial charge in [0.2, 0.25) is 5.88 Å². The summed E-state index contributed by atoms with van der Waals surface area (Å²) in [5.41, 5.74) is 3.79. The van der Waals surface area contributed by atoms with E-state index in [0.717, 1.165) is 15.8 Å². The van der Waals surface area contributed by atoms with Crippen LogP contribution >= 0.6 is 0 Å². The summed E-state index contributed by atoms with van der Waals surface area (Å²) in [6.07, 6.45) is 0.377. The lowest BCUT2D eigenvalue weighted by Gasteiger charge is -2.14. The Kier molecular flexibility index (Phi) is 5.21. The van der Waals surface area contributed by atoms with Gasteiger partial charge in [0.05, 0.1) is 17.1 Å². The number of hydrazone groups is 1. The van der Waals surface area contributed by atoms with Crippen molar-refractivity contribution in [2.75, 3.05) is 5.43 Å². The maximum Gasteiger partial charge on any atom is 0.335 e. The fourth-order valence-electron chi connectivity index (χ4n) is 2.78. The molecule has 3 aromatic rings. The molecule has 138 valence electrons. The van der Waals surface area contributed by atoms with Gasteiger partial charge in [0.15, 0.2) is 0 Å². The first kappa shape index (κ1) is 18.2. The highest BCUT2D eigenvalue weighted by atomic mass is 16.3. The Hall–Kier alpha value is -3.61. The smallest absolute Gasteiger partial charge is 0.335 e. The van der Waals surface area contributed by atoms with E-state index in [0.29, 0.717) is 17.8 Å². The molecule has 7 nitrogen and oxygen atoms in total. The van der Waals surface area contributed by atoms with Gasteiger partial charge in [-0.3, -0.25) is 15.2 Å². The summed E-state index contributed by atoms with van der Waals surface area (Å²) in [6.45, 7) is 3.63. The van der Waals surface area contributed by atoms with Crippen molar-refractivity contribution in [1.29, 1.82) is 0 Å². The summed E-state index contributed by atoms with van der Waals surface area (Å²) in [7, 11) is 0. The van der Waals surface area contributed by atoms with Crippen molar-refractivity contribution in [2.45, 2.75) is 20.3 Å². The van der Waals surface area contributed by atoms with E-state index in [2.05, 4.69) is 15.5 Å². The Balaban J connectivity index is 2.15. The van der Waals surface area contributed by atoms with E-state index in [-0.39, 0.29) is 5.56 Å². The third kappa shape index (κ3) is 3.67. The molecule has 0 unspecified atom stereocenters. The van der Waals surface area contributed by atoms with Crippen LogP contribution in [0.25, 0.3) is 5.69 Å². The molecule has 0 atom stereocenters. The first-order chi connectivity index (χ1) is 13.0. The minimum Gasteiger partial charge on any atom is -0.493 e. The summed E-state index contributed by atoms with van der Waals surface area (Å²) in [5, 5.41) is 15.0. The van der Waals surface area contributed by atoms with Crippen LogP contribution in [0, 0.1) is 6.92 Å². The van der Waals surface area contributed by atoms with Crippen LogP contribution in [0.1, 0.15) is 24.5 Å². The average molecular weight is 364 g/mol. The van der Waals surface area contributed by atoms with E-state index in [9.17, 15) is 14.7 Å². The molecular formula is C20H20N4O3. The van der Waals surface area contributed by atoms with E-state index in [1.54, 1.807) is 12.1 Å². The second-order valence-electron chi connectivity index (χ2n) is 5.97. The largest absolute Gasteiger partial charge is 0.493 e. The molecule has 7 heteroatoms. The lowest BCUT2D eigenvalue weighted by atomic mass is 10.1. The SMILES string of the molecule is CC/C(=N\Nc1ccccc1)c1c(O)n(-c2ccccc2C)c(=O)[nH]c1=O. The number of benzene rings is 2. The minimum atomic E-state index is -0.706. The molecule has 0 saturated heterocycles. The predicted octanol–water partition coefficient (Wildman–Crippen LogP) is 2.77. The van der Waals surface area contributed by atoms with Crippen LogP contribution < -0.4 is 16.7 Å². The zero-order chi connectivity index (χ0) is 19.4. The van der Waals surface area contributed by atoms with E-state index >= 15 is 0 Å². The topological polar surface area (TPSA) is 99.5 Å². The molecular weight excluding hydrogens is 344 g/mol. The van der Waals surface area contributed by atoms with E-state index < -0.39 is 17.1 Å². The number of aromatic amines is 1. The van der Waals surface area contributed by atoms with Gasteiger partial charge in [-0.25, -0.2) is 9.36 Å². The van der Waals surface area contributed by atoms with E-state index in [1.165, 1.54) is 0 Å². The molecule has 27 heavy (non-hydrogen) atoms. The van der Waals surface area contributed by atoms with Crippen LogP contribution in [-0.4, -0.2) is 20.4 Å². The first-order valence-corrected chi connectivity index (χ1v) is 8.55. The van der Waals surface area contributed by atoms with Gasteiger partial charge in [0, 0.05) is 0 Å². The molecule has 0 amide bonds. The molecule has 1 aromatic heterocycles. The van der Waals surface area contributed by atoms with Crippen LogP contribution in [0.15, 0.2) is 69.3 Å². The fraction of sp³-hybridized carbons (Fsp3) is 0.150. The van der Waals surface area contributed by atoms with Crippen LogP contribution in [0.5, 0.6) is 5.88 Å². The Labute approximate surface area is 155 Å². The number of nitrogens with one attached hydrogen (secondary N) is 2. The number of aromatic nitrogens is 2. The molecule has 0 fully saturated rings. The second kappa shape index (κ2) is 7.74. The Bertz CT molecular complexity index is 1100. The number of hydrogen-bond donors (Lipinski definition) is 3. The summed E-state index contributed by atoms with van der Waals surface area (Å²) in [6, 6.07) is 16.3. The highest BCUT2D eigenvalue weighted by molar-refractivity contribution is 6.02. The van der Waals surface area contributed by atoms with E-state index in [1.807, 2.05) is 56.3 Å². The van der Waals surface area contributed by atoms with Gasteiger partial charge in [0.1, 0.15) is 5.56 Å². The Morgan fingerprint density at radius 2 is 1.78 bits per heavy atom. The quantitative estimate of drug-likeness (QED) is 0.479. The van der Waals surface area contributed by atoms with Crippen molar-refractivity contribution >= 4 is 11.4 Å². The third-order valence-electron chi connectivity index (χ3n) is 4.16. The molecule has 3 N–H and O–H groups in total. The maximum absolute atomic E-state index is 12.4. The van der Waals surface area contributed by atoms with Crippen molar-refractivity contribution in [2.24, 2.45) is 5.10 Å². The average Bonchev–Trinajstić information content (AvgIpc) is 2.66. The molecule has 3 rings (SSSR count). The van der Waals surface area contributed by atoms with Crippen molar-refractivity contribution < 1.29 is 5.11 Å². The predicted molar refractivity (Wildman–Crippen MR) is 106 cm³/mol. The van der Waals surface area contributed by atoms with Crippen LogP contribution in [0.3, 0.4) is 0 Å². The number of para-hydroxylation sites is 2. The highest BCUT2D eigenvalue weighted by Gasteiger charge is 2.20. The number of aromatic hydroxyl groups is 1. The number of nitrogens with zero attached hydrogens (tertiary/aromatic N) is 2. The van der Waals surface area contributed by atoms with Crippen molar-refractivity contribution in [3.8, 4) is 11.6 Å². The molecule has 0 bridgehead atoms. The van der Waals surface area contributed by atoms with Gasteiger partial charge in [-0.15, -0.1) is 0 Å². The molecule has 0 aliphatic rings. The lowest BCUT2D eigenvalue weighted by molar-refractivity contribution is 0.429. The zero-order valence-electron chi connectivity index (χ0n) is 15.1. The monoisotopic (exact) mass is 364 g/mol. The molecule has 0 spiro atoms. The summed E-state index contributed by atoms with van der Waals surface area (Å²) >= 11 is 0. The van der Waals surface area contributed by atoms with Crippen LogP contribution in [-0.2, 0) is 0 Å². The highest BCUT2D eigenvalue weighted by Crippen LogP contribution is 2.20. The summed E-state index contributed by atoms with van der Waals surface area (Å²) in [4.78, 5) is 27.0. The molecule has 0 aliphatic carbocycles. The minimum absolute atomic E-state index is 0.0382. The third-order valence-corrected chi connectivity index (χ3v) is 4.16. The standard InChI is InChI=1S/C20H20N4O3/c1-3-15(23-22-14-10-5-4-6-11-14)17-18(25)21-20(27)24(19(17)26)16-12-8-7-9-13(16)2/h4-12,22,26H,3H2,1-2H3,(H,21,25,27)/b23-15+. The molecule has 0 aliphatic heterocycles. The molecule has 0 saturated carbocycles. The normalized spacial score (nSPS) is 11.4. The zero-order valence-corrected chi connectivity index (χ0v) is 15.1. The van der Waals surface area contributed by atoms with Gasteiger partial charge in [-0.2, -0.15) is 5.10 Å².